The molecule has 1 atom stereocenters. The maximum atomic E-state index is 5.66. The van der Waals surface area contributed by atoms with Crippen LogP contribution in [0.1, 0.15) is 24.0 Å². The predicted molar refractivity (Wildman–Crippen MR) is 75.4 cm³/mol. The molecule has 2 rings (SSSR count). The zero-order valence-electron chi connectivity index (χ0n) is 11.3. The number of nitrogens with one attached hydrogen (secondary N) is 1. The first-order chi connectivity index (χ1) is 8.61. The topological polar surface area (TPSA) is 54.7 Å². The van der Waals surface area contributed by atoms with Crippen LogP contribution in [-0.4, -0.2) is 16.5 Å². The highest BCUT2D eigenvalue weighted by Gasteiger charge is 2.12. The van der Waals surface area contributed by atoms with Crippen molar-refractivity contribution in [2.24, 2.45) is 11.7 Å². The van der Waals surface area contributed by atoms with Gasteiger partial charge in [-0.15, -0.1) is 0 Å². The molecule has 0 aliphatic heterocycles. The van der Waals surface area contributed by atoms with Gasteiger partial charge in [-0.2, -0.15) is 0 Å². The van der Waals surface area contributed by atoms with Crippen molar-refractivity contribution in [2.45, 2.75) is 27.2 Å². The molecule has 0 bridgehead atoms. The predicted octanol–water partition coefficient (Wildman–Crippen LogP) is 2.83. The van der Waals surface area contributed by atoms with E-state index in [9.17, 15) is 0 Å². The lowest BCUT2D eigenvalue weighted by Gasteiger charge is -2.04. The second-order valence-electron chi connectivity index (χ2n) is 5.02. The number of imidazole rings is 1. The number of benzene rings is 1. The van der Waals surface area contributed by atoms with Crippen molar-refractivity contribution in [1.82, 2.24) is 9.97 Å². The largest absolute Gasteiger partial charge is 0.346 e. The fourth-order valence-electron chi connectivity index (χ4n) is 2.13. The van der Waals surface area contributed by atoms with E-state index in [-0.39, 0.29) is 0 Å². The summed E-state index contributed by atoms with van der Waals surface area (Å²) < 4.78 is 0. The molecule has 0 amide bonds. The molecule has 0 saturated heterocycles. The summed E-state index contributed by atoms with van der Waals surface area (Å²) in [6, 6.07) is 8.34. The lowest BCUT2D eigenvalue weighted by Crippen LogP contribution is -2.13. The molecule has 0 radical (unpaired) electrons. The molecule has 2 aromatic rings. The van der Waals surface area contributed by atoms with Gasteiger partial charge in [-0.05, 0) is 31.9 Å². The van der Waals surface area contributed by atoms with Crippen molar-refractivity contribution >= 4 is 0 Å². The van der Waals surface area contributed by atoms with Crippen LogP contribution in [0, 0.1) is 19.8 Å². The van der Waals surface area contributed by atoms with E-state index in [4.69, 9.17) is 10.7 Å². The molecule has 1 unspecified atom stereocenters. The minimum absolute atomic E-state index is 0.459. The lowest BCUT2D eigenvalue weighted by molar-refractivity contribution is 0.577. The Morgan fingerprint density at radius 1 is 1.28 bits per heavy atom. The van der Waals surface area contributed by atoms with Crippen molar-refractivity contribution in [3.63, 3.8) is 0 Å². The van der Waals surface area contributed by atoms with Gasteiger partial charge in [-0.1, -0.05) is 31.2 Å². The Hall–Kier alpha value is -1.61. The molecule has 3 nitrogen and oxygen atoms in total. The van der Waals surface area contributed by atoms with Crippen LogP contribution < -0.4 is 5.73 Å². The molecule has 0 aliphatic rings. The zero-order chi connectivity index (χ0) is 13.1. The summed E-state index contributed by atoms with van der Waals surface area (Å²) in [5.74, 6) is 1.49. The highest BCUT2D eigenvalue weighted by molar-refractivity contribution is 5.65. The van der Waals surface area contributed by atoms with Crippen molar-refractivity contribution < 1.29 is 0 Å². The van der Waals surface area contributed by atoms with Crippen LogP contribution in [0.3, 0.4) is 0 Å². The number of hydrogen-bond donors (Lipinski definition) is 2. The Morgan fingerprint density at radius 3 is 2.67 bits per heavy atom. The monoisotopic (exact) mass is 243 g/mol. The highest BCUT2D eigenvalue weighted by Crippen LogP contribution is 2.24. The minimum atomic E-state index is 0.459. The molecular formula is C15H21N3. The lowest BCUT2D eigenvalue weighted by atomic mass is 10.1. The highest BCUT2D eigenvalue weighted by atomic mass is 14.9. The Kier molecular flexibility index (Phi) is 3.82. The molecule has 18 heavy (non-hydrogen) atoms. The number of nitrogens with zero attached hydrogens (tertiary/aromatic N) is 1. The zero-order valence-corrected chi connectivity index (χ0v) is 11.3. The molecule has 1 aromatic heterocycles. The Balaban J connectivity index is 2.33. The Labute approximate surface area is 108 Å². The molecular weight excluding hydrogens is 222 g/mol. The summed E-state index contributed by atoms with van der Waals surface area (Å²) in [6.07, 6.45) is 0.906. The van der Waals surface area contributed by atoms with Crippen LogP contribution in [0.4, 0.5) is 0 Å². The number of nitrogens with two attached hydrogens (primary N) is 1. The van der Waals surface area contributed by atoms with Crippen LogP contribution in [0.15, 0.2) is 24.3 Å². The first kappa shape index (κ1) is 12.8. The van der Waals surface area contributed by atoms with Gasteiger partial charge in [0.15, 0.2) is 0 Å². The molecule has 0 saturated carbocycles. The smallest absolute Gasteiger partial charge is 0.107 e. The molecule has 3 N–H and O–H groups in total. The summed E-state index contributed by atoms with van der Waals surface area (Å²) in [5, 5.41) is 0. The van der Waals surface area contributed by atoms with Crippen molar-refractivity contribution in [3.05, 3.63) is 41.3 Å². The third-order valence-corrected chi connectivity index (χ3v) is 3.28. The molecule has 3 heteroatoms. The summed E-state index contributed by atoms with van der Waals surface area (Å²) in [7, 11) is 0. The maximum absolute atomic E-state index is 5.66. The standard InChI is InChI=1S/C15H21N3/c1-10(9-16)8-14-17-12(3)15(18-14)13-7-5-4-6-11(13)2/h4-7,10H,8-9,16H2,1-3H3,(H,17,18). The summed E-state index contributed by atoms with van der Waals surface area (Å²) in [5.41, 5.74) is 10.3. The van der Waals surface area contributed by atoms with Crippen molar-refractivity contribution in [2.75, 3.05) is 6.54 Å². The Morgan fingerprint density at radius 2 is 2.00 bits per heavy atom. The number of aromatic nitrogens is 2. The summed E-state index contributed by atoms with van der Waals surface area (Å²) in [6.45, 7) is 7.03. The third-order valence-electron chi connectivity index (χ3n) is 3.28. The van der Waals surface area contributed by atoms with Gasteiger partial charge in [0.05, 0.1) is 5.69 Å². The number of aryl methyl sites for hydroxylation is 2. The van der Waals surface area contributed by atoms with Crippen LogP contribution in [0.2, 0.25) is 0 Å². The van der Waals surface area contributed by atoms with Crippen LogP contribution in [-0.2, 0) is 6.42 Å². The van der Waals surface area contributed by atoms with Gasteiger partial charge in [0.25, 0.3) is 0 Å². The van der Waals surface area contributed by atoms with E-state index in [1.807, 2.05) is 0 Å². The number of aromatic amines is 1. The van der Waals surface area contributed by atoms with Crippen LogP contribution in [0.25, 0.3) is 11.3 Å². The van der Waals surface area contributed by atoms with Gasteiger partial charge in [0.2, 0.25) is 0 Å². The van der Waals surface area contributed by atoms with E-state index >= 15 is 0 Å². The fraction of sp³-hybridized carbons (Fsp3) is 0.400. The molecule has 0 fully saturated rings. The normalized spacial score (nSPS) is 12.7. The van der Waals surface area contributed by atoms with Gasteiger partial charge >= 0.3 is 0 Å². The SMILES string of the molecule is Cc1ccccc1-c1nc(CC(C)CN)[nH]c1C. The first-order valence-electron chi connectivity index (χ1n) is 6.43. The number of hydrogen-bond acceptors (Lipinski definition) is 2. The average Bonchev–Trinajstić information content (AvgIpc) is 2.70. The van der Waals surface area contributed by atoms with Gasteiger partial charge in [0, 0.05) is 17.7 Å². The molecule has 1 heterocycles. The second kappa shape index (κ2) is 5.36. The summed E-state index contributed by atoms with van der Waals surface area (Å²) in [4.78, 5) is 8.09. The van der Waals surface area contributed by atoms with Crippen LogP contribution in [0.5, 0.6) is 0 Å². The Bertz CT molecular complexity index is 528. The molecule has 96 valence electrons. The van der Waals surface area contributed by atoms with E-state index in [1.54, 1.807) is 0 Å². The van der Waals surface area contributed by atoms with E-state index in [0.29, 0.717) is 12.5 Å². The fourth-order valence-corrected chi connectivity index (χ4v) is 2.13. The van der Waals surface area contributed by atoms with Gasteiger partial charge in [0.1, 0.15) is 5.82 Å². The minimum Gasteiger partial charge on any atom is -0.346 e. The molecule has 1 aromatic carbocycles. The van der Waals surface area contributed by atoms with Gasteiger partial charge in [-0.3, -0.25) is 0 Å². The van der Waals surface area contributed by atoms with E-state index in [2.05, 4.69) is 50.0 Å². The quantitative estimate of drug-likeness (QED) is 0.867. The van der Waals surface area contributed by atoms with Gasteiger partial charge in [-0.25, -0.2) is 4.98 Å². The maximum Gasteiger partial charge on any atom is 0.107 e. The molecule has 0 spiro atoms. The van der Waals surface area contributed by atoms with Crippen LogP contribution >= 0.6 is 0 Å². The van der Waals surface area contributed by atoms with Crippen molar-refractivity contribution in [1.29, 1.82) is 0 Å². The number of rotatable bonds is 4. The van der Waals surface area contributed by atoms with Crippen molar-refractivity contribution in [3.8, 4) is 11.3 Å². The average molecular weight is 243 g/mol. The summed E-state index contributed by atoms with van der Waals surface area (Å²) >= 11 is 0. The van der Waals surface area contributed by atoms with E-state index < -0.39 is 0 Å². The second-order valence-corrected chi connectivity index (χ2v) is 5.02. The van der Waals surface area contributed by atoms with Gasteiger partial charge < -0.3 is 10.7 Å². The third kappa shape index (κ3) is 2.62. The van der Waals surface area contributed by atoms with E-state index in [0.717, 1.165) is 23.6 Å². The first-order valence-corrected chi connectivity index (χ1v) is 6.43. The molecule has 0 aliphatic carbocycles. The number of H-pyrrole nitrogens is 1. The van der Waals surface area contributed by atoms with E-state index in [1.165, 1.54) is 11.1 Å².